The molecule has 7 heteroatoms. The first-order valence-electron chi connectivity index (χ1n) is 7.84. The van der Waals surface area contributed by atoms with Crippen LogP contribution in [0.2, 0.25) is 0 Å². The normalized spacial score (nSPS) is 10.4. The molecule has 1 aromatic heterocycles. The van der Waals surface area contributed by atoms with Gasteiger partial charge in [0.1, 0.15) is 18.2 Å². The third-order valence-corrected chi connectivity index (χ3v) is 4.37. The molecule has 5 nitrogen and oxygen atoms in total. The molecule has 0 unspecified atom stereocenters. The predicted octanol–water partition coefficient (Wildman–Crippen LogP) is 4.08. The number of halogens is 2. The number of nitrogens with zero attached hydrogens (tertiary/aromatic N) is 2. The summed E-state index contributed by atoms with van der Waals surface area (Å²) in [6.45, 7) is 0.446. The van der Waals surface area contributed by atoms with Crippen molar-refractivity contribution in [3.63, 3.8) is 0 Å². The van der Waals surface area contributed by atoms with Crippen LogP contribution in [0.3, 0.4) is 0 Å². The van der Waals surface area contributed by atoms with Gasteiger partial charge in [0.15, 0.2) is 12.1 Å². The van der Waals surface area contributed by atoms with Crippen molar-refractivity contribution in [2.75, 3.05) is 11.9 Å². The molecule has 1 N–H and O–H groups in total. The van der Waals surface area contributed by atoms with Gasteiger partial charge in [-0.15, -0.1) is 0 Å². The minimum atomic E-state index is -0.343. The molecule has 0 bridgehead atoms. The molecule has 0 amide bonds. The monoisotopic (exact) mass is 463 g/mol. The average Bonchev–Trinajstić information content (AvgIpc) is 2.67. The largest absolute Gasteiger partial charge is 0.470 e. The van der Waals surface area contributed by atoms with Crippen LogP contribution in [0.4, 0.5) is 10.2 Å². The fraction of sp³-hybridized carbons (Fsp3) is 0.105. The van der Waals surface area contributed by atoms with Crippen molar-refractivity contribution < 1.29 is 13.9 Å². The summed E-state index contributed by atoms with van der Waals surface area (Å²) in [6, 6.07) is 16.2. The number of aldehydes is 1. The standard InChI is InChI=1S/C19H15FIN3O2/c20-15-10-14(6-7-16(15)21)19-23-17(11-18(24-19)26-9-8-25)22-12-13-4-2-1-3-5-13/h1-8,10-11H,9,12H2,(H,22,23,24). The maximum atomic E-state index is 13.9. The average molecular weight is 463 g/mol. The SMILES string of the molecule is O=CCOc1cc(NCc2ccccc2)nc(-c2ccc(I)c(F)c2)n1. The number of aromatic nitrogens is 2. The number of ether oxygens (including phenoxy) is 1. The van der Waals surface area contributed by atoms with E-state index in [4.69, 9.17) is 4.74 Å². The van der Waals surface area contributed by atoms with Crippen LogP contribution < -0.4 is 10.1 Å². The van der Waals surface area contributed by atoms with E-state index < -0.39 is 0 Å². The van der Waals surface area contributed by atoms with Crippen LogP contribution in [0, 0.1) is 9.39 Å². The fourth-order valence-corrected chi connectivity index (χ4v) is 2.60. The van der Waals surface area contributed by atoms with Crippen LogP contribution in [0.5, 0.6) is 5.88 Å². The molecule has 0 aliphatic heterocycles. The summed E-state index contributed by atoms with van der Waals surface area (Å²) in [6.07, 6.45) is 0.642. The number of hydrogen-bond acceptors (Lipinski definition) is 5. The molecule has 1 heterocycles. The molecule has 3 aromatic rings. The van der Waals surface area contributed by atoms with Crippen molar-refractivity contribution in [3.8, 4) is 17.3 Å². The Hall–Kier alpha value is -2.55. The second kappa shape index (κ2) is 8.70. The molecule has 3 rings (SSSR count). The Labute approximate surface area is 163 Å². The van der Waals surface area contributed by atoms with Crippen molar-refractivity contribution in [2.24, 2.45) is 0 Å². The van der Waals surface area contributed by atoms with Gasteiger partial charge in [0.2, 0.25) is 5.88 Å². The van der Waals surface area contributed by atoms with Crippen LogP contribution in [-0.4, -0.2) is 22.9 Å². The lowest BCUT2D eigenvalue weighted by atomic mass is 10.2. The lowest BCUT2D eigenvalue weighted by Gasteiger charge is -2.10. The molecule has 0 aliphatic carbocycles. The van der Waals surface area contributed by atoms with Gasteiger partial charge in [-0.05, 0) is 46.4 Å². The van der Waals surface area contributed by atoms with E-state index in [0.29, 0.717) is 33.6 Å². The van der Waals surface area contributed by atoms with Gasteiger partial charge >= 0.3 is 0 Å². The maximum absolute atomic E-state index is 13.9. The summed E-state index contributed by atoms with van der Waals surface area (Å²) < 4.78 is 19.7. The van der Waals surface area contributed by atoms with Gasteiger partial charge < -0.3 is 10.1 Å². The van der Waals surface area contributed by atoms with Gasteiger partial charge in [-0.1, -0.05) is 30.3 Å². The first kappa shape index (κ1) is 18.2. The minimum absolute atomic E-state index is 0.115. The second-order valence-corrected chi connectivity index (χ2v) is 6.52. The minimum Gasteiger partial charge on any atom is -0.470 e. The van der Waals surface area contributed by atoms with Crippen LogP contribution in [0.1, 0.15) is 5.56 Å². The fourth-order valence-electron chi connectivity index (χ4n) is 2.26. The van der Waals surface area contributed by atoms with E-state index >= 15 is 0 Å². The van der Waals surface area contributed by atoms with Crippen molar-refractivity contribution in [1.29, 1.82) is 0 Å². The Bertz CT molecular complexity index is 907. The molecule has 0 radical (unpaired) electrons. The third-order valence-electron chi connectivity index (χ3n) is 3.50. The van der Waals surface area contributed by atoms with Crippen molar-refractivity contribution in [2.45, 2.75) is 6.54 Å². The number of carbonyl (C=O) groups excluding carboxylic acids is 1. The Morgan fingerprint density at radius 1 is 1.12 bits per heavy atom. The van der Waals surface area contributed by atoms with E-state index in [-0.39, 0.29) is 18.3 Å². The van der Waals surface area contributed by atoms with Crippen LogP contribution in [0.15, 0.2) is 54.6 Å². The van der Waals surface area contributed by atoms with Crippen molar-refractivity contribution in [3.05, 3.63) is 69.5 Å². The number of carbonyl (C=O) groups is 1. The molecular formula is C19H15FIN3O2. The molecule has 26 heavy (non-hydrogen) atoms. The van der Waals surface area contributed by atoms with Gasteiger partial charge in [-0.2, -0.15) is 4.98 Å². The summed E-state index contributed by atoms with van der Waals surface area (Å²) in [5.74, 6) is 0.749. The Morgan fingerprint density at radius 3 is 2.65 bits per heavy atom. The second-order valence-electron chi connectivity index (χ2n) is 5.36. The topological polar surface area (TPSA) is 64.1 Å². The number of rotatable bonds is 7. The van der Waals surface area contributed by atoms with Crippen LogP contribution in [0.25, 0.3) is 11.4 Å². The zero-order valence-electron chi connectivity index (χ0n) is 13.7. The maximum Gasteiger partial charge on any atom is 0.219 e. The van der Waals surface area contributed by atoms with E-state index in [1.54, 1.807) is 18.2 Å². The highest BCUT2D eigenvalue weighted by Gasteiger charge is 2.10. The summed E-state index contributed by atoms with van der Waals surface area (Å²) in [7, 11) is 0. The van der Waals surface area contributed by atoms with Crippen LogP contribution in [-0.2, 0) is 11.3 Å². The van der Waals surface area contributed by atoms with Crippen LogP contribution >= 0.6 is 22.6 Å². The number of nitrogens with one attached hydrogen (secondary N) is 1. The summed E-state index contributed by atoms with van der Waals surface area (Å²) in [5.41, 5.74) is 1.62. The molecule has 0 aliphatic rings. The van der Waals surface area contributed by atoms with Gasteiger partial charge in [0.05, 0.1) is 0 Å². The van der Waals surface area contributed by atoms with Crippen molar-refractivity contribution >= 4 is 34.7 Å². The molecule has 0 saturated carbocycles. The highest BCUT2D eigenvalue weighted by molar-refractivity contribution is 14.1. The number of hydrogen-bond donors (Lipinski definition) is 1. The molecule has 0 saturated heterocycles. The molecule has 2 aromatic carbocycles. The quantitative estimate of drug-likeness (QED) is 0.423. The molecule has 132 valence electrons. The Morgan fingerprint density at radius 2 is 1.92 bits per heavy atom. The van der Waals surface area contributed by atoms with E-state index in [9.17, 15) is 9.18 Å². The van der Waals surface area contributed by atoms with Gasteiger partial charge in [0.25, 0.3) is 0 Å². The zero-order chi connectivity index (χ0) is 18.4. The molecule has 0 fully saturated rings. The van der Waals surface area contributed by atoms with E-state index in [2.05, 4.69) is 15.3 Å². The summed E-state index contributed by atoms with van der Waals surface area (Å²) >= 11 is 1.92. The molecule has 0 atom stereocenters. The summed E-state index contributed by atoms with van der Waals surface area (Å²) in [4.78, 5) is 19.3. The van der Waals surface area contributed by atoms with Gasteiger partial charge in [-0.25, -0.2) is 9.37 Å². The highest BCUT2D eigenvalue weighted by Crippen LogP contribution is 2.24. The smallest absolute Gasteiger partial charge is 0.219 e. The molecule has 0 spiro atoms. The predicted molar refractivity (Wildman–Crippen MR) is 105 cm³/mol. The first-order chi connectivity index (χ1) is 12.7. The van der Waals surface area contributed by atoms with Gasteiger partial charge in [0, 0.05) is 21.7 Å². The first-order valence-corrected chi connectivity index (χ1v) is 8.92. The Kier molecular flexibility index (Phi) is 6.11. The van der Waals surface area contributed by atoms with E-state index in [1.807, 2.05) is 52.9 Å². The van der Waals surface area contributed by atoms with E-state index in [0.717, 1.165) is 5.56 Å². The van der Waals surface area contributed by atoms with Gasteiger partial charge in [-0.3, -0.25) is 4.79 Å². The van der Waals surface area contributed by atoms with E-state index in [1.165, 1.54) is 6.07 Å². The highest BCUT2D eigenvalue weighted by atomic mass is 127. The lowest BCUT2D eigenvalue weighted by molar-refractivity contribution is -0.109. The zero-order valence-corrected chi connectivity index (χ0v) is 15.8. The number of anilines is 1. The number of benzene rings is 2. The lowest BCUT2D eigenvalue weighted by Crippen LogP contribution is -2.06. The Balaban J connectivity index is 1.90. The van der Waals surface area contributed by atoms with Crippen molar-refractivity contribution in [1.82, 2.24) is 9.97 Å². The third kappa shape index (κ3) is 4.75. The molecular weight excluding hydrogens is 448 g/mol. The summed E-state index contributed by atoms with van der Waals surface area (Å²) in [5, 5.41) is 3.20.